The maximum atomic E-state index is 12.7. The Hall–Kier alpha value is -2.68. The van der Waals surface area contributed by atoms with Crippen molar-refractivity contribution in [2.45, 2.75) is 45.2 Å². The van der Waals surface area contributed by atoms with Crippen LogP contribution in [0.2, 0.25) is 5.02 Å². The lowest BCUT2D eigenvalue weighted by atomic mass is 10.2. The highest BCUT2D eigenvalue weighted by molar-refractivity contribution is 6.32. The molecule has 0 radical (unpaired) electrons. The first kappa shape index (κ1) is 23.6. The van der Waals surface area contributed by atoms with Crippen LogP contribution in [0.3, 0.4) is 0 Å². The Morgan fingerprint density at radius 1 is 1.10 bits per heavy atom. The summed E-state index contributed by atoms with van der Waals surface area (Å²) in [6.45, 7) is 2.56. The van der Waals surface area contributed by atoms with Crippen molar-refractivity contribution in [2.75, 3.05) is 6.54 Å². The lowest BCUT2D eigenvalue weighted by Crippen LogP contribution is -2.04. The maximum absolute atomic E-state index is 12.7. The van der Waals surface area contributed by atoms with E-state index in [2.05, 4.69) is 17.2 Å². The average molecular weight is 444 g/mol. The van der Waals surface area contributed by atoms with Crippen LogP contribution in [-0.4, -0.2) is 11.5 Å². The summed E-state index contributed by atoms with van der Waals surface area (Å²) in [5.74, 6) is 0.122. The number of alkyl halides is 3. The Morgan fingerprint density at radius 3 is 2.47 bits per heavy atom. The smallest absolute Gasteiger partial charge is 0.416 e. The van der Waals surface area contributed by atoms with Crippen LogP contribution in [0, 0.1) is 10.1 Å². The van der Waals surface area contributed by atoms with Gasteiger partial charge in [-0.2, -0.15) is 18.3 Å². The number of nitro benzene ring substituents is 1. The molecule has 0 saturated heterocycles. The first-order valence-corrected chi connectivity index (χ1v) is 9.80. The van der Waals surface area contributed by atoms with Crippen molar-refractivity contribution in [1.29, 1.82) is 0 Å². The molecule has 0 amide bonds. The monoisotopic (exact) mass is 443 g/mol. The van der Waals surface area contributed by atoms with Gasteiger partial charge in [-0.05, 0) is 30.7 Å². The topological polar surface area (TPSA) is 77.1 Å². The van der Waals surface area contributed by atoms with Gasteiger partial charge in [0.2, 0.25) is 0 Å². The van der Waals surface area contributed by atoms with E-state index in [4.69, 9.17) is 16.3 Å². The summed E-state index contributed by atoms with van der Waals surface area (Å²) >= 11 is 5.89. The summed E-state index contributed by atoms with van der Waals surface area (Å²) in [5, 5.41) is 18.9. The van der Waals surface area contributed by atoms with E-state index in [0.717, 1.165) is 50.3 Å². The zero-order valence-electron chi connectivity index (χ0n) is 16.3. The molecule has 0 aliphatic carbocycles. The fourth-order valence-corrected chi connectivity index (χ4v) is 2.82. The van der Waals surface area contributed by atoms with Crippen LogP contribution >= 0.6 is 11.6 Å². The molecule has 0 unspecified atom stereocenters. The third-order valence-electron chi connectivity index (χ3n) is 4.17. The van der Waals surface area contributed by atoms with Crippen LogP contribution in [0.15, 0.2) is 46.6 Å². The molecule has 6 nitrogen and oxygen atoms in total. The number of unbranched alkanes of at least 4 members (excludes halogenated alkanes) is 4. The zero-order chi connectivity index (χ0) is 22.1. The molecule has 0 N–H and O–H groups in total. The fraction of sp³-hybridized carbons (Fsp3) is 0.400. The number of hydrogen-bond donors (Lipinski definition) is 0. The van der Waals surface area contributed by atoms with E-state index in [1.165, 1.54) is 18.2 Å². The third-order valence-corrected chi connectivity index (χ3v) is 4.47. The van der Waals surface area contributed by atoms with Crippen molar-refractivity contribution in [3.8, 4) is 11.5 Å². The van der Waals surface area contributed by atoms with Crippen LogP contribution in [0.5, 0.6) is 11.5 Å². The SMILES string of the molecule is CCCCCCCN=Nc1cc(Oc2ccc(C(F)(F)F)cc2Cl)ccc1[N+](=O)[O-]. The highest BCUT2D eigenvalue weighted by atomic mass is 35.5. The molecule has 0 saturated carbocycles. The summed E-state index contributed by atoms with van der Waals surface area (Å²) in [4.78, 5) is 10.6. The number of benzene rings is 2. The van der Waals surface area contributed by atoms with E-state index in [0.29, 0.717) is 6.54 Å². The number of ether oxygens (including phenoxy) is 1. The van der Waals surface area contributed by atoms with Crippen LogP contribution < -0.4 is 4.74 Å². The number of hydrogen-bond acceptors (Lipinski definition) is 5. The summed E-state index contributed by atoms with van der Waals surface area (Å²) in [6.07, 6.45) is 0.681. The van der Waals surface area contributed by atoms with Crippen LogP contribution in [0.1, 0.15) is 44.6 Å². The molecule has 0 atom stereocenters. The standard InChI is InChI=1S/C20H21ClF3N3O3/c1-2-3-4-5-6-11-25-26-17-13-15(8-9-18(17)27(28)29)30-19-10-7-14(12-16(19)21)20(22,23)24/h7-10,12-13H,2-6,11H2,1H3. The Kier molecular flexibility index (Phi) is 8.58. The van der Waals surface area contributed by atoms with E-state index in [1.54, 1.807) is 0 Å². The highest BCUT2D eigenvalue weighted by Crippen LogP contribution is 2.38. The van der Waals surface area contributed by atoms with Gasteiger partial charge in [-0.15, -0.1) is 5.11 Å². The van der Waals surface area contributed by atoms with Gasteiger partial charge in [0.15, 0.2) is 5.69 Å². The predicted octanol–water partition coefficient (Wildman–Crippen LogP) is 8.11. The Balaban J connectivity index is 2.14. The fourth-order valence-electron chi connectivity index (χ4n) is 2.60. The molecule has 0 bridgehead atoms. The van der Waals surface area contributed by atoms with E-state index in [1.807, 2.05) is 0 Å². The van der Waals surface area contributed by atoms with Gasteiger partial charge in [0.05, 0.1) is 22.1 Å². The Morgan fingerprint density at radius 2 is 1.83 bits per heavy atom. The molecular weight excluding hydrogens is 423 g/mol. The third kappa shape index (κ3) is 6.98. The van der Waals surface area contributed by atoms with Gasteiger partial charge in [0.1, 0.15) is 11.5 Å². The van der Waals surface area contributed by atoms with Crippen molar-refractivity contribution < 1.29 is 22.8 Å². The second-order valence-corrected chi connectivity index (χ2v) is 6.94. The molecule has 0 aromatic heterocycles. The number of azo groups is 1. The van der Waals surface area contributed by atoms with Gasteiger partial charge in [0, 0.05) is 12.1 Å². The largest absolute Gasteiger partial charge is 0.456 e. The molecule has 162 valence electrons. The summed E-state index contributed by atoms with van der Waals surface area (Å²) < 4.78 is 43.7. The van der Waals surface area contributed by atoms with Gasteiger partial charge >= 0.3 is 6.18 Å². The second kappa shape index (κ2) is 10.9. The van der Waals surface area contributed by atoms with Crippen molar-refractivity contribution in [2.24, 2.45) is 10.2 Å². The van der Waals surface area contributed by atoms with E-state index in [9.17, 15) is 23.3 Å². The molecule has 30 heavy (non-hydrogen) atoms. The molecule has 0 heterocycles. The lowest BCUT2D eigenvalue weighted by Gasteiger charge is -2.11. The average Bonchev–Trinajstić information content (AvgIpc) is 2.68. The van der Waals surface area contributed by atoms with Crippen LogP contribution in [0.4, 0.5) is 24.5 Å². The van der Waals surface area contributed by atoms with Crippen molar-refractivity contribution in [1.82, 2.24) is 0 Å². The van der Waals surface area contributed by atoms with Crippen molar-refractivity contribution in [3.05, 3.63) is 57.1 Å². The minimum atomic E-state index is -4.53. The summed E-state index contributed by atoms with van der Waals surface area (Å²) in [5.41, 5.74) is -1.17. The molecule has 2 aromatic rings. The molecular formula is C20H21ClF3N3O3. The highest BCUT2D eigenvalue weighted by Gasteiger charge is 2.31. The predicted molar refractivity (Wildman–Crippen MR) is 108 cm³/mol. The Bertz CT molecular complexity index is 905. The van der Waals surface area contributed by atoms with E-state index < -0.39 is 16.7 Å². The Labute approximate surface area is 176 Å². The zero-order valence-corrected chi connectivity index (χ0v) is 17.0. The quantitative estimate of drug-likeness (QED) is 0.161. The molecule has 0 spiro atoms. The van der Waals surface area contributed by atoms with Gasteiger partial charge in [0.25, 0.3) is 5.69 Å². The first-order valence-electron chi connectivity index (χ1n) is 9.43. The molecule has 0 aliphatic heterocycles. The molecule has 2 rings (SSSR count). The molecule has 2 aromatic carbocycles. The summed E-state index contributed by atoms with van der Waals surface area (Å²) in [7, 11) is 0. The van der Waals surface area contributed by atoms with Crippen LogP contribution in [0.25, 0.3) is 0 Å². The second-order valence-electron chi connectivity index (χ2n) is 6.53. The number of nitrogens with zero attached hydrogens (tertiary/aromatic N) is 3. The van der Waals surface area contributed by atoms with Gasteiger partial charge in [-0.1, -0.05) is 44.2 Å². The maximum Gasteiger partial charge on any atom is 0.416 e. The van der Waals surface area contributed by atoms with Crippen molar-refractivity contribution in [3.63, 3.8) is 0 Å². The lowest BCUT2D eigenvalue weighted by molar-refractivity contribution is -0.384. The summed E-state index contributed by atoms with van der Waals surface area (Å²) in [6, 6.07) is 6.49. The molecule has 10 heteroatoms. The minimum Gasteiger partial charge on any atom is -0.456 e. The van der Waals surface area contributed by atoms with Crippen molar-refractivity contribution >= 4 is 23.0 Å². The normalized spacial score (nSPS) is 11.8. The van der Waals surface area contributed by atoms with E-state index in [-0.39, 0.29) is 27.9 Å². The molecule has 0 aliphatic rings. The minimum absolute atomic E-state index is 0.00547. The van der Waals surface area contributed by atoms with E-state index >= 15 is 0 Å². The van der Waals surface area contributed by atoms with Gasteiger partial charge < -0.3 is 4.74 Å². The number of rotatable bonds is 10. The van der Waals surface area contributed by atoms with Crippen LogP contribution in [-0.2, 0) is 6.18 Å². The van der Waals surface area contributed by atoms with Gasteiger partial charge in [-0.25, -0.2) is 0 Å². The molecule has 0 fully saturated rings. The number of nitro groups is 1. The van der Waals surface area contributed by atoms with Gasteiger partial charge in [-0.3, -0.25) is 10.1 Å². The first-order chi connectivity index (χ1) is 14.2. The number of halogens is 4.